The lowest BCUT2D eigenvalue weighted by molar-refractivity contribution is -0.143. The van der Waals surface area contributed by atoms with Crippen molar-refractivity contribution in [3.63, 3.8) is 0 Å². The number of hydrogen-bond donors (Lipinski definition) is 3. The normalized spacial score (nSPS) is 18.0. The molecule has 32 heavy (non-hydrogen) atoms. The van der Waals surface area contributed by atoms with Crippen molar-refractivity contribution in [3.05, 3.63) is 59.0 Å². The Morgan fingerprint density at radius 2 is 1.94 bits per heavy atom. The molecule has 7 heteroatoms. The lowest BCUT2D eigenvalue weighted by Crippen LogP contribution is -2.21. The molecule has 4 N–H and O–H groups in total. The number of carboxylic acid groups (broad SMARTS) is 1. The molecule has 166 valence electrons. The molecule has 1 aromatic heterocycles. The van der Waals surface area contributed by atoms with E-state index >= 15 is 0 Å². The van der Waals surface area contributed by atoms with Crippen LogP contribution in [0.4, 0.5) is 10.1 Å². The van der Waals surface area contributed by atoms with Crippen LogP contribution in [0, 0.1) is 16.6 Å². The number of hydrogen-bond acceptors (Lipinski definition) is 4. The standard InChI is InChI=1S/C25H26FN3O3/c26-17-1-3-18(4-2-17)29-22-11-16(14-27)21(28)12-19(22)20(13-25(7-8-25)24(30)31)23(29)15-5-9-32-10-6-15/h1-4,11-12,14-15,27H,5-10,13,28H2,(H,30,31). The van der Waals surface area contributed by atoms with E-state index in [1.54, 1.807) is 12.1 Å². The van der Waals surface area contributed by atoms with E-state index in [2.05, 4.69) is 4.57 Å². The lowest BCUT2D eigenvalue weighted by atomic mass is 9.87. The first-order valence-electron chi connectivity index (χ1n) is 11.0. The monoisotopic (exact) mass is 435 g/mol. The van der Waals surface area contributed by atoms with Crippen LogP contribution in [0.25, 0.3) is 16.6 Å². The number of aromatic nitrogens is 1. The van der Waals surface area contributed by atoms with E-state index < -0.39 is 11.4 Å². The van der Waals surface area contributed by atoms with Gasteiger partial charge in [0.15, 0.2) is 0 Å². The predicted molar refractivity (Wildman–Crippen MR) is 121 cm³/mol. The average molecular weight is 435 g/mol. The van der Waals surface area contributed by atoms with Crippen LogP contribution < -0.4 is 5.73 Å². The zero-order chi connectivity index (χ0) is 22.5. The Morgan fingerprint density at radius 1 is 1.25 bits per heavy atom. The summed E-state index contributed by atoms with van der Waals surface area (Å²) >= 11 is 0. The predicted octanol–water partition coefficient (Wildman–Crippen LogP) is 4.65. The number of carboxylic acids is 1. The minimum atomic E-state index is -0.762. The highest BCUT2D eigenvalue weighted by atomic mass is 19.1. The molecule has 0 atom stereocenters. The van der Waals surface area contributed by atoms with Gasteiger partial charge in [-0.2, -0.15) is 0 Å². The number of nitrogens with zero attached hydrogens (tertiary/aromatic N) is 1. The summed E-state index contributed by atoms with van der Waals surface area (Å²) in [5.74, 6) is -0.891. The highest BCUT2D eigenvalue weighted by molar-refractivity contribution is 5.98. The van der Waals surface area contributed by atoms with Crippen molar-refractivity contribution in [1.82, 2.24) is 4.57 Å². The van der Waals surface area contributed by atoms with E-state index in [1.807, 2.05) is 12.1 Å². The highest BCUT2D eigenvalue weighted by Crippen LogP contribution is 2.52. The molecular weight excluding hydrogens is 409 g/mol. The number of rotatable bonds is 6. The van der Waals surface area contributed by atoms with Crippen LogP contribution in [0.2, 0.25) is 0 Å². The molecule has 0 unspecified atom stereocenters. The number of halogens is 1. The summed E-state index contributed by atoms with van der Waals surface area (Å²) in [5, 5.41) is 18.6. The van der Waals surface area contributed by atoms with E-state index in [0.717, 1.165) is 40.7 Å². The largest absolute Gasteiger partial charge is 0.481 e. The Morgan fingerprint density at radius 3 is 2.53 bits per heavy atom. The van der Waals surface area contributed by atoms with Crippen LogP contribution >= 0.6 is 0 Å². The first-order valence-corrected chi connectivity index (χ1v) is 11.0. The van der Waals surface area contributed by atoms with Gasteiger partial charge in [0, 0.05) is 53.4 Å². The number of nitrogens with one attached hydrogen (secondary N) is 1. The number of aliphatic carboxylic acids is 1. The summed E-state index contributed by atoms with van der Waals surface area (Å²) in [4.78, 5) is 12.1. The number of anilines is 1. The van der Waals surface area contributed by atoms with Crippen molar-refractivity contribution in [2.45, 2.75) is 38.0 Å². The molecule has 0 radical (unpaired) electrons. The van der Waals surface area contributed by atoms with Gasteiger partial charge in [0.2, 0.25) is 0 Å². The van der Waals surface area contributed by atoms with Crippen LogP contribution in [0.5, 0.6) is 0 Å². The fraction of sp³-hybridized carbons (Fsp3) is 0.360. The third kappa shape index (κ3) is 3.37. The molecule has 2 fully saturated rings. The van der Waals surface area contributed by atoms with Gasteiger partial charge in [0.1, 0.15) is 5.82 Å². The van der Waals surface area contributed by atoms with Crippen LogP contribution in [0.15, 0.2) is 36.4 Å². The molecule has 5 rings (SSSR count). The smallest absolute Gasteiger partial charge is 0.309 e. The first-order chi connectivity index (χ1) is 15.4. The fourth-order valence-corrected chi connectivity index (χ4v) is 4.99. The third-order valence-electron chi connectivity index (χ3n) is 6.99. The topological polar surface area (TPSA) is 101 Å². The van der Waals surface area contributed by atoms with Crippen molar-refractivity contribution < 1.29 is 19.0 Å². The van der Waals surface area contributed by atoms with Gasteiger partial charge in [0.25, 0.3) is 0 Å². The molecule has 6 nitrogen and oxygen atoms in total. The second kappa shape index (κ2) is 7.74. The molecule has 0 spiro atoms. The Labute approximate surface area is 185 Å². The van der Waals surface area contributed by atoms with E-state index in [0.29, 0.717) is 43.7 Å². The van der Waals surface area contributed by atoms with Gasteiger partial charge < -0.3 is 25.6 Å². The van der Waals surface area contributed by atoms with E-state index in [1.165, 1.54) is 18.3 Å². The van der Waals surface area contributed by atoms with Gasteiger partial charge in [-0.25, -0.2) is 4.39 Å². The maximum atomic E-state index is 13.7. The van der Waals surface area contributed by atoms with E-state index in [-0.39, 0.29) is 11.7 Å². The Balaban J connectivity index is 1.82. The number of benzene rings is 2. The quantitative estimate of drug-likeness (QED) is 0.387. The number of ether oxygens (including phenoxy) is 1. The van der Waals surface area contributed by atoms with Gasteiger partial charge in [-0.15, -0.1) is 0 Å². The summed E-state index contributed by atoms with van der Waals surface area (Å²) < 4.78 is 21.4. The zero-order valence-electron chi connectivity index (χ0n) is 17.7. The zero-order valence-corrected chi connectivity index (χ0v) is 17.7. The van der Waals surface area contributed by atoms with Gasteiger partial charge >= 0.3 is 5.97 Å². The Bertz CT molecular complexity index is 1210. The van der Waals surface area contributed by atoms with Crippen molar-refractivity contribution in [2.24, 2.45) is 5.41 Å². The average Bonchev–Trinajstić information content (AvgIpc) is 3.53. The molecule has 1 saturated carbocycles. The maximum Gasteiger partial charge on any atom is 0.309 e. The highest BCUT2D eigenvalue weighted by Gasteiger charge is 2.51. The minimum Gasteiger partial charge on any atom is -0.481 e. The molecule has 2 aromatic carbocycles. The van der Waals surface area contributed by atoms with Crippen molar-refractivity contribution >= 4 is 28.8 Å². The first kappa shape index (κ1) is 20.7. The fourth-order valence-electron chi connectivity index (χ4n) is 4.99. The second-order valence-electron chi connectivity index (χ2n) is 8.97. The molecular formula is C25H26FN3O3. The number of carbonyl (C=O) groups is 1. The Kier molecular flexibility index (Phi) is 5.01. The molecule has 1 saturated heterocycles. The molecule has 0 amide bonds. The Hall–Kier alpha value is -3.19. The second-order valence-corrected chi connectivity index (χ2v) is 8.97. The van der Waals surface area contributed by atoms with Gasteiger partial charge in [-0.3, -0.25) is 4.79 Å². The molecule has 3 aromatic rings. The molecule has 0 bridgehead atoms. The van der Waals surface area contributed by atoms with Gasteiger partial charge in [0.05, 0.1) is 10.9 Å². The lowest BCUT2D eigenvalue weighted by Gasteiger charge is -2.26. The number of nitrogens with two attached hydrogens (primary N) is 1. The summed E-state index contributed by atoms with van der Waals surface area (Å²) in [6.45, 7) is 1.29. The SMILES string of the molecule is N=Cc1cc2c(cc1N)c(CC1(C(=O)O)CC1)c(C1CCOCC1)n2-c1ccc(F)cc1. The van der Waals surface area contributed by atoms with Crippen LogP contribution in [0.1, 0.15) is 48.4 Å². The minimum absolute atomic E-state index is 0.186. The van der Waals surface area contributed by atoms with E-state index in [9.17, 15) is 14.3 Å². The molecule has 2 heterocycles. The summed E-state index contributed by atoms with van der Waals surface area (Å²) in [7, 11) is 0. The summed E-state index contributed by atoms with van der Waals surface area (Å²) in [6.07, 6.45) is 4.64. The number of fused-ring (bicyclic) bond motifs is 1. The molecule has 2 aliphatic rings. The van der Waals surface area contributed by atoms with Gasteiger partial charge in [-0.05, 0) is 74.1 Å². The van der Waals surface area contributed by atoms with Crippen LogP contribution in [-0.4, -0.2) is 35.1 Å². The van der Waals surface area contributed by atoms with Crippen molar-refractivity contribution in [2.75, 3.05) is 18.9 Å². The van der Waals surface area contributed by atoms with Crippen molar-refractivity contribution in [1.29, 1.82) is 5.41 Å². The summed E-state index contributed by atoms with van der Waals surface area (Å²) in [5.41, 5.74) is 10.3. The van der Waals surface area contributed by atoms with Gasteiger partial charge in [-0.1, -0.05) is 0 Å². The van der Waals surface area contributed by atoms with E-state index in [4.69, 9.17) is 15.9 Å². The number of nitrogen functional groups attached to an aromatic ring is 1. The van der Waals surface area contributed by atoms with Crippen LogP contribution in [0.3, 0.4) is 0 Å². The third-order valence-corrected chi connectivity index (χ3v) is 6.99. The molecule has 1 aliphatic heterocycles. The van der Waals surface area contributed by atoms with Crippen molar-refractivity contribution in [3.8, 4) is 5.69 Å². The summed E-state index contributed by atoms with van der Waals surface area (Å²) in [6, 6.07) is 10.1. The molecule has 1 aliphatic carbocycles. The maximum absolute atomic E-state index is 13.7. The van der Waals surface area contributed by atoms with Crippen LogP contribution in [-0.2, 0) is 16.0 Å².